The third-order valence-corrected chi connectivity index (χ3v) is 3.85. The molecule has 2 aromatic carbocycles. The number of phenols is 1. The molecule has 0 amide bonds. The molecule has 0 unspecified atom stereocenters. The van der Waals surface area contributed by atoms with Crippen LogP contribution in [0.15, 0.2) is 72.2 Å². The predicted octanol–water partition coefficient (Wildman–Crippen LogP) is 5.08. The molecule has 2 rings (SSSR count). The number of nitrogen functional groups attached to an aromatic ring is 1. The highest BCUT2D eigenvalue weighted by molar-refractivity contribution is 7.80. The number of thiol groups is 1. The molecule has 0 heterocycles. The first-order chi connectivity index (χ1) is 10.6. The van der Waals surface area contributed by atoms with Crippen molar-refractivity contribution in [2.45, 2.75) is 11.8 Å². The highest BCUT2D eigenvalue weighted by Gasteiger charge is 2.10. The molecule has 0 fully saturated rings. The minimum Gasteiger partial charge on any atom is -0.508 e. The second kappa shape index (κ2) is 7.05. The Labute approximate surface area is 136 Å². The molecule has 0 bridgehead atoms. The molecule has 0 radical (unpaired) electrons. The van der Waals surface area contributed by atoms with Gasteiger partial charge in [-0.3, -0.25) is 0 Å². The van der Waals surface area contributed by atoms with E-state index in [0.29, 0.717) is 10.6 Å². The maximum absolute atomic E-state index is 9.69. The van der Waals surface area contributed by atoms with Crippen LogP contribution in [0.25, 0.3) is 16.7 Å². The van der Waals surface area contributed by atoms with E-state index < -0.39 is 0 Å². The standard InChI is InChI=1S/C19H19NOS/c1-3-5-7-13(4-2)15-11-17(19(22)18(20)12-15)14-8-6-9-16(21)10-14/h3-12,21-22H,1,20H2,2H3. The van der Waals surface area contributed by atoms with Crippen LogP contribution < -0.4 is 5.73 Å². The first-order valence-corrected chi connectivity index (χ1v) is 7.39. The topological polar surface area (TPSA) is 46.2 Å². The fraction of sp³-hybridized carbons (Fsp3) is 0.0526. The van der Waals surface area contributed by atoms with Crippen LogP contribution in [0.5, 0.6) is 5.75 Å². The Morgan fingerprint density at radius 1 is 1.27 bits per heavy atom. The van der Waals surface area contributed by atoms with E-state index in [4.69, 9.17) is 5.73 Å². The zero-order valence-corrected chi connectivity index (χ0v) is 13.3. The van der Waals surface area contributed by atoms with Gasteiger partial charge >= 0.3 is 0 Å². The summed E-state index contributed by atoms with van der Waals surface area (Å²) in [5.41, 5.74) is 10.5. The number of aromatic hydroxyl groups is 1. The van der Waals surface area contributed by atoms with Crippen molar-refractivity contribution in [3.8, 4) is 16.9 Å². The van der Waals surface area contributed by atoms with Crippen molar-refractivity contribution >= 4 is 23.9 Å². The Hall–Kier alpha value is -2.39. The van der Waals surface area contributed by atoms with Gasteiger partial charge in [-0.05, 0) is 53.5 Å². The Balaban J connectivity index is 2.61. The van der Waals surface area contributed by atoms with Crippen LogP contribution in [0, 0.1) is 0 Å². The zero-order valence-electron chi connectivity index (χ0n) is 12.5. The number of allylic oxidation sites excluding steroid dienone is 5. The minimum atomic E-state index is 0.215. The van der Waals surface area contributed by atoms with Gasteiger partial charge in [-0.1, -0.05) is 43.0 Å². The summed E-state index contributed by atoms with van der Waals surface area (Å²) in [4.78, 5) is 0.706. The summed E-state index contributed by atoms with van der Waals surface area (Å²) in [5, 5.41) is 9.69. The van der Waals surface area contributed by atoms with Gasteiger partial charge in [0.05, 0.1) is 0 Å². The Morgan fingerprint density at radius 2 is 2.05 bits per heavy atom. The van der Waals surface area contributed by atoms with Gasteiger partial charge in [-0.25, -0.2) is 0 Å². The maximum atomic E-state index is 9.69. The van der Waals surface area contributed by atoms with E-state index in [-0.39, 0.29) is 5.75 Å². The fourth-order valence-corrected chi connectivity index (χ4v) is 2.51. The van der Waals surface area contributed by atoms with E-state index in [9.17, 15) is 5.11 Å². The Morgan fingerprint density at radius 3 is 2.68 bits per heavy atom. The van der Waals surface area contributed by atoms with Gasteiger partial charge in [-0.15, -0.1) is 12.6 Å². The first-order valence-electron chi connectivity index (χ1n) is 6.94. The summed E-state index contributed by atoms with van der Waals surface area (Å²) >= 11 is 4.51. The van der Waals surface area contributed by atoms with Crippen LogP contribution >= 0.6 is 12.6 Å². The molecular weight excluding hydrogens is 290 g/mol. The number of benzene rings is 2. The normalized spacial score (nSPS) is 11.8. The SMILES string of the molecule is C=CC=CC(=CC)c1cc(N)c(S)c(-c2cccc(O)c2)c1. The number of hydrogen-bond acceptors (Lipinski definition) is 3. The molecule has 0 aliphatic carbocycles. The predicted molar refractivity (Wildman–Crippen MR) is 98.2 cm³/mol. The molecule has 0 saturated carbocycles. The lowest BCUT2D eigenvalue weighted by Gasteiger charge is -2.12. The molecule has 0 saturated heterocycles. The molecular formula is C19H19NOS. The molecule has 2 nitrogen and oxygen atoms in total. The van der Waals surface area contributed by atoms with Gasteiger partial charge in [0.2, 0.25) is 0 Å². The third-order valence-electron chi connectivity index (χ3n) is 3.35. The van der Waals surface area contributed by atoms with Crippen LogP contribution in [0.2, 0.25) is 0 Å². The number of phenolic OH excluding ortho intramolecular Hbond substituents is 1. The van der Waals surface area contributed by atoms with E-state index in [1.807, 2.05) is 43.4 Å². The minimum absolute atomic E-state index is 0.215. The Kier molecular flexibility index (Phi) is 5.12. The van der Waals surface area contributed by atoms with Crippen molar-refractivity contribution in [1.29, 1.82) is 0 Å². The average molecular weight is 309 g/mol. The van der Waals surface area contributed by atoms with Gasteiger partial charge < -0.3 is 10.8 Å². The number of anilines is 1. The highest BCUT2D eigenvalue weighted by atomic mass is 32.1. The molecule has 0 atom stereocenters. The van der Waals surface area contributed by atoms with E-state index in [0.717, 1.165) is 22.3 Å². The molecule has 0 aliphatic heterocycles. The van der Waals surface area contributed by atoms with E-state index in [1.165, 1.54) is 0 Å². The van der Waals surface area contributed by atoms with Crippen LogP contribution in [0.3, 0.4) is 0 Å². The van der Waals surface area contributed by atoms with Crippen molar-refractivity contribution in [2.24, 2.45) is 0 Å². The Bertz CT molecular complexity index is 760. The van der Waals surface area contributed by atoms with Gasteiger partial charge in [-0.2, -0.15) is 0 Å². The van der Waals surface area contributed by atoms with Gasteiger partial charge in [0.15, 0.2) is 0 Å². The number of rotatable bonds is 4. The third kappa shape index (κ3) is 3.43. The van der Waals surface area contributed by atoms with Crippen molar-refractivity contribution in [3.05, 3.63) is 72.8 Å². The lowest BCUT2D eigenvalue weighted by Crippen LogP contribution is -1.94. The summed E-state index contributed by atoms with van der Waals surface area (Å²) in [6.45, 7) is 5.66. The van der Waals surface area contributed by atoms with Crippen LogP contribution in [0.4, 0.5) is 5.69 Å². The molecule has 3 N–H and O–H groups in total. The quantitative estimate of drug-likeness (QED) is 0.419. The summed E-state index contributed by atoms with van der Waals surface area (Å²) < 4.78 is 0. The van der Waals surface area contributed by atoms with Crippen LogP contribution in [0.1, 0.15) is 12.5 Å². The second-order valence-corrected chi connectivity index (χ2v) is 5.30. The lowest BCUT2D eigenvalue weighted by atomic mass is 9.97. The highest BCUT2D eigenvalue weighted by Crippen LogP contribution is 2.35. The van der Waals surface area contributed by atoms with Crippen molar-refractivity contribution in [2.75, 3.05) is 5.73 Å². The number of hydrogen-bond donors (Lipinski definition) is 3. The summed E-state index contributed by atoms with van der Waals surface area (Å²) in [6.07, 6.45) is 7.61. The summed E-state index contributed by atoms with van der Waals surface area (Å²) in [5.74, 6) is 0.215. The van der Waals surface area contributed by atoms with E-state index >= 15 is 0 Å². The van der Waals surface area contributed by atoms with Gasteiger partial charge in [0.1, 0.15) is 5.75 Å². The van der Waals surface area contributed by atoms with Crippen LogP contribution in [-0.4, -0.2) is 5.11 Å². The maximum Gasteiger partial charge on any atom is 0.116 e. The van der Waals surface area contributed by atoms with E-state index in [1.54, 1.807) is 24.3 Å². The molecule has 112 valence electrons. The van der Waals surface area contributed by atoms with Gasteiger partial charge in [0.25, 0.3) is 0 Å². The van der Waals surface area contributed by atoms with E-state index in [2.05, 4.69) is 19.2 Å². The summed E-state index contributed by atoms with van der Waals surface area (Å²) in [6, 6.07) is 11.0. The van der Waals surface area contributed by atoms with Crippen molar-refractivity contribution in [3.63, 3.8) is 0 Å². The largest absolute Gasteiger partial charge is 0.508 e. The number of nitrogens with two attached hydrogens (primary N) is 1. The first kappa shape index (κ1) is 16.0. The molecule has 3 heteroatoms. The smallest absolute Gasteiger partial charge is 0.116 e. The molecule has 22 heavy (non-hydrogen) atoms. The lowest BCUT2D eigenvalue weighted by molar-refractivity contribution is 0.475. The van der Waals surface area contributed by atoms with Crippen LogP contribution in [-0.2, 0) is 0 Å². The molecule has 0 aliphatic rings. The zero-order chi connectivity index (χ0) is 16.1. The second-order valence-electron chi connectivity index (χ2n) is 4.85. The summed E-state index contributed by atoms with van der Waals surface area (Å²) in [7, 11) is 0. The molecule has 0 spiro atoms. The average Bonchev–Trinajstić information content (AvgIpc) is 2.51. The van der Waals surface area contributed by atoms with Crippen molar-refractivity contribution < 1.29 is 5.11 Å². The monoisotopic (exact) mass is 309 g/mol. The van der Waals surface area contributed by atoms with Crippen molar-refractivity contribution in [1.82, 2.24) is 0 Å². The molecule has 2 aromatic rings. The van der Waals surface area contributed by atoms with Gasteiger partial charge in [0, 0.05) is 10.6 Å². The molecule has 0 aromatic heterocycles. The fourth-order valence-electron chi connectivity index (χ4n) is 2.25.